The summed E-state index contributed by atoms with van der Waals surface area (Å²) >= 11 is 0. The number of aryl methyl sites for hydroxylation is 1. The van der Waals surface area contributed by atoms with Gasteiger partial charge in [0.1, 0.15) is 17.6 Å². The Balaban J connectivity index is 1.35. The summed E-state index contributed by atoms with van der Waals surface area (Å²) in [5.74, 6) is 2.82. The minimum Gasteiger partial charge on any atom is -0.490 e. The Morgan fingerprint density at radius 2 is 1.70 bits per heavy atom. The van der Waals surface area contributed by atoms with Gasteiger partial charge in [-0.15, -0.1) is 0 Å². The van der Waals surface area contributed by atoms with Gasteiger partial charge in [0.2, 0.25) is 0 Å². The minimum absolute atomic E-state index is 0.0110. The Morgan fingerprint density at radius 3 is 2.42 bits per heavy atom. The maximum absolute atomic E-state index is 13.6. The van der Waals surface area contributed by atoms with Crippen LogP contribution in [0.15, 0.2) is 82.7 Å². The van der Waals surface area contributed by atoms with Crippen molar-refractivity contribution in [2.45, 2.75) is 125 Å². The van der Waals surface area contributed by atoms with Crippen LogP contribution in [-0.2, 0) is 27.2 Å². The molecule has 1 saturated carbocycles. The van der Waals surface area contributed by atoms with Gasteiger partial charge in [-0.05, 0) is 105 Å². The molecule has 3 atom stereocenters. The summed E-state index contributed by atoms with van der Waals surface area (Å²) in [6, 6.07) is 8.31. The second kappa shape index (κ2) is 15.2. The van der Waals surface area contributed by atoms with Crippen LogP contribution in [-0.4, -0.2) is 17.7 Å². The first-order chi connectivity index (χ1) is 20.5. The summed E-state index contributed by atoms with van der Waals surface area (Å²) in [6.07, 6.45) is 22.6. The Morgan fingerprint density at radius 1 is 0.953 bits per heavy atom. The van der Waals surface area contributed by atoms with Crippen molar-refractivity contribution < 1.29 is 14.3 Å². The number of benzene rings is 1. The minimum atomic E-state index is -0.0758. The normalized spacial score (nSPS) is 23.3. The Kier molecular flexibility index (Phi) is 11.6. The number of carbonyl (C=O) groups is 2. The van der Waals surface area contributed by atoms with E-state index in [1.165, 1.54) is 49.7 Å². The maximum Gasteiger partial charge on any atom is 0.167 e. The number of hydrogen-bond acceptors (Lipinski definition) is 3. The van der Waals surface area contributed by atoms with Crippen molar-refractivity contribution in [1.29, 1.82) is 0 Å². The van der Waals surface area contributed by atoms with E-state index in [2.05, 4.69) is 83.2 Å². The zero-order chi connectivity index (χ0) is 31.0. The molecule has 0 aromatic heterocycles. The molecule has 1 aromatic rings. The number of ketones is 2. The molecule has 2 aliphatic carbocycles. The first-order valence-corrected chi connectivity index (χ1v) is 16.8. The SMILES string of the molecule is CCC1CCCC(C2=CC(C(=O)Cc3ccc(CCC(=O)CC4=CC(C)OC(C(C)(C)C)=C4)cc3)=C(C)CCC=C2)CC1. The average molecular weight is 583 g/mol. The fourth-order valence-electron chi connectivity index (χ4n) is 6.68. The molecular formula is C40H54O3. The molecule has 0 amide bonds. The molecule has 0 radical (unpaired) electrons. The van der Waals surface area contributed by atoms with Crippen LogP contribution in [0.25, 0.3) is 0 Å². The molecule has 3 aliphatic rings. The van der Waals surface area contributed by atoms with E-state index < -0.39 is 0 Å². The van der Waals surface area contributed by atoms with E-state index in [4.69, 9.17) is 4.74 Å². The second-order valence-corrected chi connectivity index (χ2v) is 14.2. The molecule has 4 rings (SSSR count). The van der Waals surface area contributed by atoms with E-state index in [-0.39, 0.29) is 23.1 Å². The summed E-state index contributed by atoms with van der Waals surface area (Å²) in [5, 5.41) is 0. The summed E-state index contributed by atoms with van der Waals surface area (Å²) in [4.78, 5) is 26.5. The number of hydrogen-bond donors (Lipinski definition) is 0. The van der Waals surface area contributed by atoms with Crippen LogP contribution in [0, 0.1) is 17.3 Å². The highest BCUT2D eigenvalue weighted by atomic mass is 16.5. The highest BCUT2D eigenvalue weighted by Crippen LogP contribution is 2.36. The van der Waals surface area contributed by atoms with Crippen molar-refractivity contribution in [3.05, 3.63) is 93.8 Å². The molecule has 0 saturated heterocycles. The molecule has 0 spiro atoms. The first kappa shape index (κ1) is 33.0. The number of rotatable bonds is 10. The average Bonchev–Trinajstić information content (AvgIpc) is 3.20. The topological polar surface area (TPSA) is 43.4 Å². The van der Waals surface area contributed by atoms with E-state index in [9.17, 15) is 9.59 Å². The van der Waals surface area contributed by atoms with E-state index in [0.717, 1.165) is 46.8 Å². The number of Topliss-reactive ketones (excluding diaryl/α,β-unsaturated/α-hetero) is 2. The molecule has 232 valence electrons. The maximum atomic E-state index is 13.6. The van der Waals surface area contributed by atoms with Crippen LogP contribution < -0.4 is 0 Å². The second-order valence-electron chi connectivity index (χ2n) is 14.2. The number of allylic oxidation sites excluding steroid dienone is 9. The van der Waals surface area contributed by atoms with Crippen molar-refractivity contribution in [2.24, 2.45) is 17.3 Å². The predicted octanol–water partition coefficient (Wildman–Crippen LogP) is 10.2. The molecule has 0 bridgehead atoms. The van der Waals surface area contributed by atoms with Crippen molar-refractivity contribution in [1.82, 2.24) is 0 Å². The highest BCUT2D eigenvalue weighted by Gasteiger charge is 2.25. The zero-order valence-corrected chi connectivity index (χ0v) is 27.6. The van der Waals surface area contributed by atoms with Gasteiger partial charge in [0.25, 0.3) is 0 Å². The lowest BCUT2D eigenvalue weighted by Gasteiger charge is -2.29. The lowest BCUT2D eigenvalue weighted by Crippen LogP contribution is -2.20. The highest BCUT2D eigenvalue weighted by molar-refractivity contribution is 6.00. The first-order valence-electron chi connectivity index (χ1n) is 16.8. The van der Waals surface area contributed by atoms with Crippen LogP contribution in [0.3, 0.4) is 0 Å². The summed E-state index contributed by atoms with van der Waals surface area (Å²) in [7, 11) is 0. The van der Waals surface area contributed by atoms with Gasteiger partial charge < -0.3 is 4.74 Å². The van der Waals surface area contributed by atoms with Gasteiger partial charge in [-0.1, -0.05) is 88.9 Å². The van der Waals surface area contributed by atoms with Gasteiger partial charge in [0.15, 0.2) is 5.78 Å². The third kappa shape index (κ3) is 9.78. The number of carbonyl (C=O) groups excluding carboxylic acids is 2. The molecule has 3 nitrogen and oxygen atoms in total. The van der Waals surface area contributed by atoms with Crippen LogP contribution in [0.2, 0.25) is 0 Å². The van der Waals surface area contributed by atoms with Crippen LogP contribution in [0.1, 0.15) is 117 Å². The van der Waals surface area contributed by atoms with E-state index in [0.29, 0.717) is 31.6 Å². The summed E-state index contributed by atoms with van der Waals surface area (Å²) in [6.45, 7) is 12.9. The monoisotopic (exact) mass is 582 g/mol. The number of ether oxygens (including phenoxy) is 1. The summed E-state index contributed by atoms with van der Waals surface area (Å²) in [5.41, 5.74) is 6.64. The third-order valence-corrected chi connectivity index (χ3v) is 9.50. The molecule has 1 fully saturated rings. The van der Waals surface area contributed by atoms with Gasteiger partial charge >= 0.3 is 0 Å². The zero-order valence-electron chi connectivity index (χ0n) is 27.6. The molecule has 1 aliphatic heterocycles. The van der Waals surface area contributed by atoms with Crippen molar-refractivity contribution >= 4 is 11.6 Å². The standard InChI is InChI=1S/C40H54O3/c1-7-30-12-10-14-34(21-19-30)35-13-9-8-11-28(2)37(27-35)38(42)25-32-17-15-31(16-18-32)20-22-36(41)24-33-23-29(3)43-39(26-33)40(4,5)6/h9,13,15-18,23,26-27,29-30,34H,7-8,10-12,14,19-22,24-25H2,1-6H3. The fourth-order valence-corrected chi connectivity index (χ4v) is 6.68. The largest absolute Gasteiger partial charge is 0.490 e. The Hall–Kier alpha value is -2.94. The molecule has 0 N–H and O–H groups in total. The van der Waals surface area contributed by atoms with Crippen molar-refractivity contribution in [3.63, 3.8) is 0 Å². The lowest BCUT2D eigenvalue weighted by atomic mass is 9.85. The molecule has 1 aromatic carbocycles. The smallest absolute Gasteiger partial charge is 0.167 e. The van der Waals surface area contributed by atoms with Gasteiger partial charge in [0, 0.05) is 30.3 Å². The fraction of sp³-hybridized carbons (Fsp3) is 0.550. The Labute approximate surface area is 261 Å². The van der Waals surface area contributed by atoms with Gasteiger partial charge in [-0.3, -0.25) is 9.59 Å². The van der Waals surface area contributed by atoms with Crippen molar-refractivity contribution in [3.8, 4) is 0 Å². The third-order valence-electron chi connectivity index (χ3n) is 9.50. The van der Waals surface area contributed by atoms with Gasteiger partial charge in [0.05, 0.1) is 0 Å². The van der Waals surface area contributed by atoms with E-state index in [1.54, 1.807) is 0 Å². The molecule has 3 heteroatoms. The summed E-state index contributed by atoms with van der Waals surface area (Å²) < 4.78 is 5.97. The molecule has 1 heterocycles. The van der Waals surface area contributed by atoms with Crippen LogP contribution >= 0.6 is 0 Å². The van der Waals surface area contributed by atoms with Crippen LogP contribution in [0.4, 0.5) is 0 Å². The lowest BCUT2D eigenvalue weighted by molar-refractivity contribution is -0.118. The Bertz CT molecular complexity index is 1290. The van der Waals surface area contributed by atoms with E-state index in [1.807, 2.05) is 13.0 Å². The van der Waals surface area contributed by atoms with Gasteiger partial charge in [-0.25, -0.2) is 0 Å². The van der Waals surface area contributed by atoms with Gasteiger partial charge in [-0.2, -0.15) is 0 Å². The van der Waals surface area contributed by atoms with Crippen molar-refractivity contribution in [2.75, 3.05) is 0 Å². The van der Waals surface area contributed by atoms with E-state index >= 15 is 0 Å². The molecule has 43 heavy (non-hydrogen) atoms. The molecule has 3 unspecified atom stereocenters. The quantitative estimate of drug-likeness (QED) is 0.258. The predicted molar refractivity (Wildman–Crippen MR) is 179 cm³/mol. The van der Waals surface area contributed by atoms with Crippen LogP contribution in [0.5, 0.6) is 0 Å². The molecular weight excluding hydrogens is 528 g/mol.